The fraction of sp³-hybridized carbons (Fsp3) is 0.385. The number of carbonyl (C=O) groups is 1. The van der Waals surface area contributed by atoms with Crippen LogP contribution in [0.15, 0.2) is 23.0 Å². The topological polar surface area (TPSA) is 109 Å². The Labute approximate surface area is 120 Å². The minimum Gasteiger partial charge on any atom is -0.478 e. The van der Waals surface area contributed by atoms with E-state index in [4.69, 9.17) is 0 Å². The molecule has 0 amide bonds. The van der Waals surface area contributed by atoms with Gasteiger partial charge in [-0.1, -0.05) is 6.07 Å². The minimum atomic E-state index is -3.04. The molecule has 1 aromatic carbocycles. The van der Waals surface area contributed by atoms with Gasteiger partial charge in [0.2, 0.25) is 0 Å². The van der Waals surface area contributed by atoms with Gasteiger partial charge in [-0.2, -0.15) is 0 Å². The number of carboxylic acid groups (broad SMARTS) is 1. The molecule has 21 heavy (non-hydrogen) atoms. The van der Waals surface area contributed by atoms with Gasteiger partial charge >= 0.3 is 11.7 Å². The van der Waals surface area contributed by atoms with Gasteiger partial charge in [-0.3, -0.25) is 4.57 Å². The summed E-state index contributed by atoms with van der Waals surface area (Å²) in [5.74, 6) is -1.07. The largest absolute Gasteiger partial charge is 0.478 e. The van der Waals surface area contributed by atoms with Crippen molar-refractivity contribution in [2.24, 2.45) is 0 Å². The SMILES string of the molecule is O=C(O)c1cccc2[nH]c(=O)n(C3CCS(=O)(=O)CC3)c12. The van der Waals surface area contributed by atoms with E-state index < -0.39 is 21.5 Å². The molecular weight excluding hydrogens is 296 g/mol. The van der Waals surface area contributed by atoms with E-state index in [0.717, 1.165) is 0 Å². The number of fused-ring (bicyclic) bond motifs is 1. The fourth-order valence-corrected chi connectivity index (χ4v) is 4.30. The highest BCUT2D eigenvalue weighted by Crippen LogP contribution is 2.27. The van der Waals surface area contributed by atoms with Crippen LogP contribution in [0.25, 0.3) is 11.0 Å². The summed E-state index contributed by atoms with van der Waals surface area (Å²) in [5, 5.41) is 9.27. The van der Waals surface area contributed by atoms with Crippen molar-refractivity contribution in [2.75, 3.05) is 11.5 Å². The highest BCUT2D eigenvalue weighted by molar-refractivity contribution is 7.91. The van der Waals surface area contributed by atoms with Gasteiger partial charge in [0.05, 0.1) is 28.1 Å². The number of aromatic amines is 1. The van der Waals surface area contributed by atoms with Crippen LogP contribution in [0, 0.1) is 0 Å². The van der Waals surface area contributed by atoms with Crippen LogP contribution in [-0.4, -0.2) is 40.6 Å². The average molecular weight is 310 g/mol. The summed E-state index contributed by atoms with van der Waals surface area (Å²) in [6.45, 7) is 0. The van der Waals surface area contributed by atoms with Crippen molar-refractivity contribution in [3.05, 3.63) is 34.2 Å². The lowest BCUT2D eigenvalue weighted by Crippen LogP contribution is -2.30. The second-order valence-corrected chi connectivity index (χ2v) is 7.49. The van der Waals surface area contributed by atoms with Gasteiger partial charge in [0, 0.05) is 6.04 Å². The van der Waals surface area contributed by atoms with E-state index in [-0.39, 0.29) is 23.1 Å². The van der Waals surface area contributed by atoms with Crippen molar-refractivity contribution in [1.82, 2.24) is 9.55 Å². The predicted octanol–water partition coefficient (Wildman–Crippen LogP) is 0.777. The Morgan fingerprint density at radius 2 is 1.95 bits per heavy atom. The first kappa shape index (κ1) is 13.9. The lowest BCUT2D eigenvalue weighted by Gasteiger charge is -2.23. The summed E-state index contributed by atoms with van der Waals surface area (Å²) in [4.78, 5) is 26.1. The molecule has 112 valence electrons. The summed E-state index contributed by atoms with van der Waals surface area (Å²) in [6.07, 6.45) is 0.645. The van der Waals surface area contributed by atoms with Gasteiger partial charge in [0.25, 0.3) is 0 Å². The standard InChI is InChI=1S/C13H14N2O5S/c16-12(17)9-2-1-3-10-11(9)15(13(18)14-10)8-4-6-21(19,20)7-5-8/h1-3,8H,4-7H2,(H,14,18)(H,16,17). The molecular formula is C13H14N2O5S. The van der Waals surface area contributed by atoms with E-state index >= 15 is 0 Å². The molecule has 0 saturated carbocycles. The van der Waals surface area contributed by atoms with Crippen LogP contribution < -0.4 is 5.69 Å². The highest BCUT2D eigenvalue weighted by Gasteiger charge is 2.28. The third kappa shape index (κ3) is 2.35. The maximum atomic E-state index is 12.1. The van der Waals surface area contributed by atoms with E-state index in [2.05, 4.69) is 4.98 Å². The van der Waals surface area contributed by atoms with Gasteiger partial charge in [-0.05, 0) is 25.0 Å². The molecule has 7 nitrogen and oxygen atoms in total. The number of aromatic carboxylic acids is 1. The van der Waals surface area contributed by atoms with Crippen molar-refractivity contribution < 1.29 is 18.3 Å². The van der Waals surface area contributed by atoms with E-state index in [0.29, 0.717) is 23.9 Å². The Morgan fingerprint density at radius 1 is 1.29 bits per heavy atom. The summed E-state index contributed by atoms with van der Waals surface area (Å²) in [5.41, 5.74) is 0.426. The summed E-state index contributed by atoms with van der Waals surface area (Å²) in [6, 6.07) is 4.35. The fourth-order valence-electron chi connectivity index (χ4n) is 2.84. The van der Waals surface area contributed by atoms with Crippen molar-refractivity contribution in [1.29, 1.82) is 0 Å². The Morgan fingerprint density at radius 3 is 2.57 bits per heavy atom. The number of aromatic nitrogens is 2. The molecule has 8 heteroatoms. The molecule has 0 unspecified atom stereocenters. The summed E-state index contributed by atoms with van der Waals surface area (Å²) >= 11 is 0. The molecule has 2 N–H and O–H groups in total. The molecule has 1 aliphatic heterocycles. The molecule has 3 rings (SSSR count). The Bertz CT molecular complexity index is 864. The quantitative estimate of drug-likeness (QED) is 0.851. The number of rotatable bonds is 2. The number of nitrogens with one attached hydrogen (secondary N) is 1. The van der Waals surface area contributed by atoms with Gasteiger partial charge in [-0.25, -0.2) is 18.0 Å². The maximum Gasteiger partial charge on any atom is 0.337 e. The molecule has 0 bridgehead atoms. The van der Waals surface area contributed by atoms with Crippen LogP contribution in [0.3, 0.4) is 0 Å². The van der Waals surface area contributed by atoms with Gasteiger partial charge in [-0.15, -0.1) is 0 Å². The zero-order chi connectivity index (χ0) is 15.2. The zero-order valence-corrected chi connectivity index (χ0v) is 11.9. The maximum absolute atomic E-state index is 12.1. The van der Waals surface area contributed by atoms with Gasteiger partial charge in [0.15, 0.2) is 0 Å². The van der Waals surface area contributed by atoms with Crippen molar-refractivity contribution >= 4 is 26.8 Å². The number of para-hydroxylation sites is 1. The van der Waals surface area contributed by atoms with Crippen LogP contribution in [0.5, 0.6) is 0 Å². The molecule has 1 fully saturated rings. The predicted molar refractivity (Wildman–Crippen MR) is 76.4 cm³/mol. The number of hydrogen-bond acceptors (Lipinski definition) is 4. The van der Waals surface area contributed by atoms with Crippen LogP contribution in [0.2, 0.25) is 0 Å². The molecule has 1 aromatic heterocycles. The van der Waals surface area contributed by atoms with Crippen LogP contribution in [0.1, 0.15) is 29.2 Å². The Kier molecular flexibility index (Phi) is 3.12. The second kappa shape index (κ2) is 4.73. The number of benzene rings is 1. The van der Waals surface area contributed by atoms with E-state index in [1.54, 1.807) is 12.1 Å². The van der Waals surface area contributed by atoms with E-state index in [1.165, 1.54) is 10.6 Å². The first-order valence-electron chi connectivity index (χ1n) is 6.56. The zero-order valence-electron chi connectivity index (χ0n) is 11.1. The molecule has 0 radical (unpaired) electrons. The van der Waals surface area contributed by atoms with Crippen molar-refractivity contribution in [3.8, 4) is 0 Å². The average Bonchev–Trinajstić information content (AvgIpc) is 2.74. The highest BCUT2D eigenvalue weighted by atomic mass is 32.2. The molecule has 0 aliphatic carbocycles. The van der Waals surface area contributed by atoms with E-state index in [1.807, 2.05) is 0 Å². The summed E-state index contributed by atoms with van der Waals surface area (Å²) < 4.78 is 24.4. The van der Waals surface area contributed by atoms with Gasteiger partial charge < -0.3 is 10.1 Å². The molecule has 2 aromatic rings. The van der Waals surface area contributed by atoms with Crippen molar-refractivity contribution in [3.63, 3.8) is 0 Å². The van der Waals surface area contributed by atoms with Crippen LogP contribution in [0.4, 0.5) is 0 Å². The number of sulfone groups is 1. The number of hydrogen-bond donors (Lipinski definition) is 2. The minimum absolute atomic E-state index is 0.0199. The smallest absolute Gasteiger partial charge is 0.337 e. The van der Waals surface area contributed by atoms with Crippen molar-refractivity contribution in [2.45, 2.75) is 18.9 Å². The number of nitrogens with zero attached hydrogens (tertiary/aromatic N) is 1. The lowest BCUT2D eigenvalue weighted by molar-refractivity contribution is 0.0698. The molecule has 0 atom stereocenters. The monoisotopic (exact) mass is 310 g/mol. The normalized spacial score (nSPS) is 18.9. The molecule has 1 aliphatic rings. The number of carboxylic acids is 1. The number of imidazole rings is 1. The number of H-pyrrole nitrogens is 1. The Balaban J connectivity index is 2.17. The molecule has 0 spiro atoms. The van der Waals surface area contributed by atoms with Crippen LogP contribution >= 0.6 is 0 Å². The third-order valence-corrected chi connectivity index (χ3v) is 5.57. The lowest BCUT2D eigenvalue weighted by atomic mass is 10.1. The first-order valence-corrected chi connectivity index (χ1v) is 8.38. The molecule has 2 heterocycles. The van der Waals surface area contributed by atoms with Gasteiger partial charge in [0.1, 0.15) is 9.84 Å². The van der Waals surface area contributed by atoms with E-state index in [9.17, 15) is 23.1 Å². The molecule has 1 saturated heterocycles. The Hall–Kier alpha value is -2.09. The first-order chi connectivity index (χ1) is 9.89. The summed E-state index contributed by atoms with van der Waals surface area (Å²) in [7, 11) is -3.04. The third-order valence-electron chi connectivity index (χ3n) is 3.86. The second-order valence-electron chi connectivity index (χ2n) is 5.19. The van der Waals surface area contributed by atoms with Crippen LogP contribution in [-0.2, 0) is 9.84 Å².